The van der Waals surface area contributed by atoms with Gasteiger partial charge in [-0.1, -0.05) is 38.8 Å². The maximum Gasteiger partial charge on any atom is 0.259 e. The van der Waals surface area contributed by atoms with Crippen LogP contribution in [-0.4, -0.2) is 51.3 Å². The number of para-hydroxylation sites is 1. The fraction of sp³-hybridized carbons (Fsp3) is 0.462. The number of fused-ring (bicyclic) bond motifs is 1. The molecule has 2 aromatic heterocycles. The Balaban J connectivity index is 1.64. The number of hydrogen-bond donors (Lipinski definition) is 0. The van der Waals surface area contributed by atoms with E-state index in [1.807, 2.05) is 28.8 Å². The molecule has 0 bridgehead atoms. The number of carbonyl (C=O) groups is 2. The maximum absolute atomic E-state index is 13.4. The second-order valence-electron chi connectivity index (χ2n) is 9.45. The molecule has 0 spiro atoms. The van der Waals surface area contributed by atoms with Gasteiger partial charge in [0.15, 0.2) is 0 Å². The Kier molecular flexibility index (Phi) is 7.46. The van der Waals surface area contributed by atoms with Crippen LogP contribution in [0.2, 0.25) is 0 Å². The number of likely N-dealkylation sites (tertiary alicyclic amines) is 1. The number of carbonyl (C=O) groups excluding carboxylic acids is 2. The number of benzene rings is 1. The molecule has 0 saturated carbocycles. The van der Waals surface area contributed by atoms with Gasteiger partial charge in [-0.3, -0.25) is 14.4 Å². The minimum Gasteiger partial charge on any atom is -0.352 e. The smallest absolute Gasteiger partial charge is 0.259 e. The Morgan fingerprint density at radius 2 is 1.74 bits per heavy atom. The van der Waals surface area contributed by atoms with Crippen LogP contribution in [0, 0.1) is 5.92 Å². The first-order valence-corrected chi connectivity index (χ1v) is 12.8. The third kappa shape index (κ3) is 5.38. The van der Waals surface area contributed by atoms with E-state index in [1.165, 1.54) is 16.2 Å². The van der Waals surface area contributed by atoms with Crippen molar-refractivity contribution < 1.29 is 9.59 Å². The summed E-state index contributed by atoms with van der Waals surface area (Å²) in [6.45, 7) is 6.34. The lowest BCUT2D eigenvalue weighted by molar-refractivity contribution is 0.0758. The van der Waals surface area contributed by atoms with E-state index in [0.717, 1.165) is 40.9 Å². The Labute approximate surface area is 204 Å². The van der Waals surface area contributed by atoms with Gasteiger partial charge in [0, 0.05) is 39.1 Å². The van der Waals surface area contributed by atoms with Gasteiger partial charge in [0.2, 0.25) is 5.43 Å². The number of aromatic nitrogens is 2. The van der Waals surface area contributed by atoms with Gasteiger partial charge in [-0.05, 0) is 30.9 Å². The van der Waals surface area contributed by atoms with Crippen molar-refractivity contribution in [2.45, 2.75) is 52.6 Å². The van der Waals surface area contributed by atoms with Crippen molar-refractivity contribution in [3.8, 4) is 0 Å². The zero-order valence-corrected chi connectivity index (χ0v) is 20.9. The van der Waals surface area contributed by atoms with Gasteiger partial charge in [0.1, 0.15) is 16.1 Å². The minimum absolute atomic E-state index is 0.0323. The van der Waals surface area contributed by atoms with Crippen LogP contribution in [0.4, 0.5) is 0 Å². The Morgan fingerprint density at radius 1 is 1.06 bits per heavy atom. The summed E-state index contributed by atoms with van der Waals surface area (Å²) in [6.07, 6.45) is 7.29. The quantitative estimate of drug-likeness (QED) is 0.524. The molecule has 34 heavy (non-hydrogen) atoms. The van der Waals surface area contributed by atoms with Crippen molar-refractivity contribution in [1.82, 2.24) is 19.4 Å². The molecule has 1 aliphatic heterocycles. The molecular weight excluding hydrogens is 448 g/mol. The maximum atomic E-state index is 13.4. The molecule has 180 valence electrons. The van der Waals surface area contributed by atoms with E-state index in [4.69, 9.17) is 0 Å². The molecule has 1 aromatic carbocycles. The van der Waals surface area contributed by atoms with Crippen molar-refractivity contribution >= 4 is 33.4 Å². The first-order chi connectivity index (χ1) is 16.3. The van der Waals surface area contributed by atoms with E-state index in [-0.39, 0.29) is 17.0 Å². The predicted octanol–water partition coefficient (Wildman–Crippen LogP) is 4.40. The Bertz CT molecular complexity index is 1210. The molecule has 7 nitrogen and oxygen atoms in total. The summed E-state index contributed by atoms with van der Waals surface area (Å²) < 4.78 is 2.87. The van der Waals surface area contributed by atoms with Crippen LogP contribution in [0.3, 0.4) is 0 Å². The largest absolute Gasteiger partial charge is 0.352 e. The second kappa shape index (κ2) is 10.5. The van der Waals surface area contributed by atoms with Crippen LogP contribution >= 0.6 is 11.3 Å². The number of nitrogens with zero attached hydrogens (tertiary/aromatic N) is 4. The monoisotopic (exact) mass is 480 g/mol. The summed E-state index contributed by atoms with van der Waals surface area (Å²) in [6, 6.07) is 7.84. The molecule has 0 N–H and O–H groups in total. The van der Waals surface area contributed by atoms with Crippen LogP contribution in [0.25, 0.3) is 10.2 Å². The number of hydrogen-bond acceptors (Lipinski definition) is 5. The molecular formula is C26H32N4O3S. The highest BCUT2D eigenvalue weighted by molar-refractivity contribution is 7.18. The van der Waals surface area contributed by atoms with E-state index < -0.39 is 11.3 Å². The summed E-state index contributed by atoms with van der Waals surface area (Å²) in [7, 11) is 1.67. The molecule has 0 atom stereocenters. The SMILES string of the molecule is CC(C)Cn1cc(C(=O)N(C)Cc2nc3ccccc3s2)c(=O)c(C(=O)N2CCCCCC2)c1. The topological polar surface area (TPSA) is 75.5 Å². The normalized spacial score (nSPS) is 14.4. The number of amides is 2. The highest BCUT2D eigenvalue weighted by atomic mass is 32.1. The van der Waals surface area contributed by atoms with Crippen LogP contribution in [0.1, 0.15) is 65.3 Å². The summed E-state index contributed by atoms with van der Waals surface area (Å²) in [4.78, 5) is 48.0. The number of thiazole rings is 1. The first-order valence-electron chi connectivity index (χ1n) is 12.0. The summed E-state index contributed by atoms with van der Waals surface area (Å²) >= 11 is 1.53. The van der Waals surface area contributed by atoms with Crippen molar-refractivity contribution in [2.75, 3.05) is 20.1 Å². The summed E-state index contributed by atoms with van der Waals surface area (Å²) in [5.74, 6) is -0.368. The fourth-order valence-corrected chi connectivity index (χ4v) is 5.40. The molecule has 3 heterocycles. The summed E-state index contributed by atoms with van der Waals surface area (Å²) in [5, 5.41) is 0.802. The molecule has 0 radical (unpaired) electrons. The zero-order chi connectivity index (χ0) is 24.2. The van der Waals surface area contributed by atoms with Gasteiger partial charge < -0.3 is 14.4 Å². The second-order valence-corrected chi connectivity index (χ2v) is 10.6. The fourth-order valence-electron chi connectivity index (χ4n) is 4.37. The van der Waals surface area contributed by atoms with Gasteiger partial charge in [0.05, 0.1) is 16.8 Å². The van der Waals surface area contributed by atoms with Crippen LogP contribution in [-0.2, 0) is 13.1 Å². The highest BCUT2D eigenvalue weighted by Crippen LogP contribution is 2.23. The molecule has 1 saturated heterocycles. The van der Waals surface area contributed by atoms with Crippen LogP contribution < -0.4 is 5.43 Å². The van der Waals surface area contributed by atoms with Gasteiger partial charge in [-0.15, -0.1) is 11.3 Å². The van der Waals surface area contributed by atoms with Gasteiger partial charge in [-0.2, -0.15) is 0 Å². The molecule has 8 heteroatoms. The van der Waals surface area contributed by atoms with E-state index in [2.05, 4.69) is 18.8 Å². The summed E-state index contributed by atoms with van der Waals surface area (Å²) in [5.41, 5.74) is 0.523. The van der Waals surface area contributed by atoms with E-state index in [9.17, 15) is 14.4 Å². The Hall–Kier alpha value is -3.00. The highest BCUT2D eigenvalue weighted by Gasteiger charge is 2.26. The average Bonchev–Trinajstić information content (AvgIpc) is 3.01. The minimum atomic E-state index is -0.490. The lowest BCUT2D eigenvalue weighted by Crippen LogP contribution is -2.38. The van der Waals surface area contributed by atoms with Crippen LogP contribution in [0.5, 0.6) is 0 Å². The van der Waals surface area contributed by atoms with Gasteiger partial charge in [0.25, 0.3) is 11.8 Å². The third-order valence-corrected chi connectivity index (χ3v) is 7.09. The van der Waals surface area contributed by atoms with Crippen molar-refractivity contribution in [3.05, 3.63) is 63.0 Å². The number of rotatable bonds is 6. The lowest BCUT2D eigenvalue weighted by atomic mass is 10.1. The van der Waals surface area contributed by atoms with E-state index in [0.29, 0.717) is 32.1 Å². The van der Waals surface area contributed by atoms with Gasteiger partial charge >= 0.3 is 0 Å². The van der Waals surface area contributed by atoms with Crippen LogP contribution in [0.15, 0.2) is 41.5 Å². The Morgan fingerprint density at radius 3 is 2.41 bits per heavy atom. The molecule has 4 rings (SSSR count). The molecule has 1 aliphatic rings. The predicted molar refractivity (Wildman–Crippen MR) is 135 cm³/mol. The van der Waals surface area contributed by atoms with Crippen molar-refractivity contribution in [1.29, 1.82) is 0 Å². The van der Waals surface area contributed by atoms with E-state index >= 15 is 0 Å². The zero-order valence-electron chi connectivity index (χ0n) is 20.1. The molecule has 1 fully saturated rings. The van der Waals surface area contributed by atoms with E-state index in [1.54, 1.807) is 24.3 Å². The van der Waals surface area contributed by atoms with Gasteiger partial charge in [-0.25, -0.2) is 4.98 Å². The lowest BCUT2D eigenvalue weighted by Gasteiger charge is -2.22. The molecule has 0 aliphatic carbocycles. The molecule has 0 unspecified atom stereocenters. The van der Waals surface area contributed by atoms with Crippen molar-refractivity contribution in [3.63, 3.8) is 0 Å². The molecule has 3 aromatic rings. The average molecular weight is 481 g/mol. The van der Waals surface area contributed by atoms with Crippen molar-refractivity contribution in [2.24, 2.45) is 5.92 Å². The number of pyridine rings is 1. The first kappa shape index (κ1) is 24.1. The standard InChI is InChI=1S/C26H32N4O3S/c1-18(2)14-29-15-19(24(31)20(16-29)26(33)30-12-8-4-5-9-13-30)25(32)28(3)17-23-27-21-10-6-7-11-22(21)34-23/h6-7,10-11,15-16,18H,4-5,8-9,12-14,17H2,1-3H3. The molecule has 2 amide bonds. The third-order valence-electron chi connectivity index (χ3n) is 6.07.